The molecular formula is C82H44O9. The molecule has 0 aliphatic rings. The second kappa shape index (κ2) is 20.0. The van der Waals surface area contributed by atoms with E-state index in [-0.39, 0.29) is 21.7 Å². The van der Waals surface area contributed by atoms with Crippen LogP contribution in [0.1, 0.15) is 0 Å². The van der Waals surface area contributed by atoms with E-state index in [0.29, 0.717) is 87.8 Å². The molecule has 0 bridgehead atoms. The predicted octanol–water partition coefficient (Wildman–Crippen LogP) is 20.4. The van der Waals surface area contributed by atoms with Gasteiger partial charge in [0.1, 0.15) is 55.8 Å². The minimum Gasteiger partial charge on any atom is -0.456 e. The molecule has 0 saturated carbocycles. The number of fused-ring (bicyclic) bond motifs is 17. The van der Waals surface area contributed by atoms with E-state index in [2.05, 4.69) is 66.7 Å². The number of rotatable bonds is 4. The first-order valence-electron chi connectivity index (χ1n) is 29.9. The molecule has 19 aromatic rings. The van der Waals surface area contributed by atoms with Gasteiger partial charge in [-0.2, -0.15) is 0 Å². The molecule has 0 unspecified atom stereocenters. The molecule has 0 saturated heterocycles. The molecule has 0 radical (unpaired) electrons. The Morgan fingerprint density at radius 1 is 0.165 bits per heavy atom. The first-order valence-corrected chi connectivity index (χ1v) is 29.9. The molecule has 91 heavy (non-hydrogen) atoms. The number of hydrogen-bond acceptors (Lipinski definition) is 9. The fourth-order valence-corrected chi connectivity index (χ4v) is 13.4. The van der Waals surface area contributed by atoms with Gasteiger partial charge in [-0.1, -0.05) is 158 Å². The van der Waals surface area contributed by atoms with Crippen molar-refractivity contribution in [1.29, 1.82) is 0 Å². The van der Waals surface area contributed by atoms with Crippen molar-refractivity contribution in [1.82, 2.24) is 0 Å². The zero-order valence-corrected chi connectivity index (χ0v) is 48.1. The van der Waals surface area contributed by atoms with E-state index in [1.54, 1.807) is 30.3 Å². The average Bonchev–Trinajstić information content (AvgIpc) is 2.11. The number of benzene rings is 14. The van der Waals surface area contributed by atoms with Gasteiger partial charge >= 0.3 is 0 Å². The Hall–Kier alpha value is -12.5. The van der Waals surface area contributed by atoms with E-state index in [4.69, 9.17) is 22.1 Å². The first kappa shape index (κ1) is 51.7. The Morgan fingerprint density at radius 3 is 0.813 bits per heavy atom. The summed E-state index contributed by atoms with van der Waals surface area (Å²) in [6.45, 7) is 0. The van der Waals surface area contributed by atoms with Crippen molar-refractivity contribution in [3.8, 4) is 44.5 Å². The summed E-state index contributed by atoms with van der Waals surface area (Å²) in [5.41, 5.74) is 12.4. The lowest BCUT2D eigenvalue weighted by Crippen LogP contribution is -2.03. The molecule has 9 nitrogen and oxygen atoms in total. The van der Waals surface area contributed by atoms with Crippen LogP contribution in [-0.2, 0) is 0 Å². The molecular weight excluding hydrogens is 1130 g/mol. The van der Waals surface area contributed by atoms with Crippen LogP contribution in [0.25, 0.3) is 187 Å². The van der Waals surface area contributed by atoms with Gasteiger partial charge in [-0.25, -0.2) is 0 Å². The molecule has 0 N–H and O–H groups in total. The summed E-state index contributed by atoms with van der Waals surface area (Å²) in [5.74, 6) is 0. The van der Waals surface area contributed by atoms with Gasteiger partial charge in [-0.15, -0.1) is 0 Å². The van der Waals surface area contributed by atoms with E-state index in [0.717, 1.165) is 66.4 Å². The molecule has 14 aromatic carbocycles. The Morgan fingerprint density at radius 2 is 0.418 bits per heavy atom. The van der Waals surface area contributed by atoms with Gasteiger partial charge in [-0.3, -0.25) is 19.2 Å². The monoisotopic (exact) mass is 1170 g/mol. The van der Waals surface area contributed by atoms with E-state index in [9.17, 15) is 19.2 Å². The van der Waals surface area contributed by atoms with Crippen molar-refractivity contribution >= 4 is 142 Å². The number of hydrogen-bond donors (Lipinski definition) is 0. The summed E-state index contributed by atoms with van der Waals surface area (Å²) in [5, 5.41) is 13.4. The zero-order chi connectivity index (χ0) is 60.6. The molecule has 426 valence electrons. The van der Waals surface area contributed by atoms with Crippen LogP contribution in [0.5, 0.6) is 0 Å². The van der Waals surface area contributed by atoms with Gasteiger partial charge in [0.2, 0.25) is 21.7 Å². The predicted molar refractivity (Wildman–Crippen MR) is 369 cm³/mol. The van der Waals surface area contributed by atoms with Crippen LogP contribution in [0.15, 0.2) is 308 Å². The highest BCUT2D eigenvalue weighted by molar-refractivity contribution is 6.26. The van der Waals surface area contributed by atoms with Crippen LogP contribution in [0.2, 0.25) is 0 Å². The summed E-state index contributed by atoms with van der Waals surface area (Å²) >= 11 is 0. The smallest absolute Gasteiger partial charge is 0.200 e. The van der Waals surface area contributed by atoms with Crippen molar-refractivity contribution in [3.63, 3.8) is 0 Å². The minimum absolute atomic E-state index is 0.0811. The molecule has 0 fully saturated rings. The topological polar surface area (TPSA) is 134 Å². The third-order valence-corrected chi connectivity index (χ3v) is 17.9. The third kappa shape index (κ3) is 8.25. The Kier molecular flexibility index (Phi) is 11.4. The summed E-state index contributed by atoms with van der Waals surface area (Å²) < 4.78 is 30.7. The lowest BCUT2D eigenvalue weighted by atomic mass is 9.92. The third-order valence-electron chi connectivity index (χ3n) is 17.9. The minimum atomic E-state index is -0.122. The van der Waals surface area contributed by atoms with E-state index in [1.807, 2.05) is 170 Å². The van der Waals surface area contributed by atoms with Gasteiger partial charge in [0, 0.05) is 16.3 Å². The quantitative estimate of drug-likeness (QED) is 0.125. The lowest BCUT2D eigenvalue weighted by Gasteiger charge is -2.12. The largest absolute Gasteiger partial charge is 0.456 e. The van der Waals surface area contributed by atoms with Crippen molar-refractivity contribution < 1.29 is 22.1 Å². The van der Waals surface area contributed by atoms with E-state index >= 15 is 0 Å². The second-order valence-electron chi connectivity index (χ2n) is 23.1. The number of furan rings is 1. The molecule has 0 aliphatic heterocycles. The van der Waals surface area contributed by atoms with Gasteiger partial charge in [0.05, 0.1) is 43.1 Å². The molecule has 19 rings (SSSR count). The van der Waals surface area contributed by atoms with Gasteiger partial charge in [0.15, 0.2) is 0 Å². The number of para-hydroxylation sites is 4. The normalized spacial score (nSPS) is 11.9. The Labute approximate surface area is 513 Å². The standard InChI is InChI=1S/C44H24O4.C38H20O5/c45-43-34-11-5-6-12-39(34)47-40-18-15-27(22-36(40)43)28-16-20-42-38(24-28)44(46)37-23-26(14-19-41(37)48-42)25-13-17-33-31-9-2-1-7-29(31)30-8-3-4-10-32(30)35(33)21-25;39-36-27-7-2-4-11-32(27)41-33-15-12-21(18-28(33)36)22-13-16-34-29(19-22)37(40)30-20-23(14-17-35(30)42-34)24-8-5-9-26-25-6-1-3-10-31(25)43-38(24)26/h1-24H;1-20H. The zero-order valence-electron chi connectivity index (χ0n) is 48.1. The first-order chi connectivity index (χ1) is 44.7. The summed E-state index contributed by atoms with van der Waals surface area (Å²) in [6, 6.07) is 85.8. The molecule has 0 amide bonds. The van der Waals surface area contributed by atoms with Crippen molar-refractivity contribution in [2.24, 2.45) is 0 Å². The van der Waals surface area contributed by atoms with Crippen LogP contribution in [0.4, 0.5) is 0 Å². The Bertz CT molecular complexity index is 6600. The van der Waals surface area contributed by atoms with Crippen LogP contribution in [0, 0.1) is 0 Å². The van der Waals surface area contributed by atoms with Crippen molar-refractivity contribution in [2.75, 3.05) is 0 Å². The lowest BCUT2D eigenvalue weighted by molar-refractivity contribution is 0.659. The molecule has 0 aliphatic carbocycles. The van der Waals surface area contributed by atoms with Gasteiger partial charge < -0.3 is 22.1 Å². The maximum Gasteiger partial charge on any atom is 0.200 e. The van der Waals surface area contributed by atoms with Crippen molar-refractivity contribution in [2.45, 2.75) is 0 Å². The highest BCUT2D eigenvalue weighted by atomic mass is 16.3. The highest BCUT2D eigenvalue weighted by Gasteiger charge is 2.19. The molecule has 0 spiro atoms. The van der Waals surface area contributed by atoms with Crippen LogP contribution in [-0.4, -0.2) is 0 Å². The highest BCUT2D eigenvalue weighted by Crippen LogP contribution is 2.40. The summed E-state index contributed by atoms with van der Waals surface area (Å²) in [7, 11) is 0. The Balaban J connectivity index is 0.000000136. The molecule has 9 heteroatoms. The van der Waals surface area contributed by atoms with E-state index < -0.39 is 0 Å². The van der Waals surface area contributed by atoms with Gasteiger partial charge in [-0.05, 0) is 180 Å². The van der Waals surface area contributed by atoms with Crippen molar-refractivity contribution in [3.05, 3.63) is 308 Å². The molecule has 5 aromatic heterocycles. The molecule has 5 heterocycles. The van der Waals surface area contributed by atoms with Gasteiger partial charge in [0.25, 0.3) is 0 Å². The second-order valence-corrected chi connectivity index (χ2v) is 23.1. The molecule has 0 atom stereocenters. The average molecular weight is 1170 g/mol. The summed E-state index contributed by atoms with van der Waals surface area (Å²) in [4.78, 5) is 54.5. The maximum atomic E-state index is 14.1. The van der Waals surface area contributed by atoms with E-state index in [1.165, 1.54) is 32.3 Å². The SMILES string of the molecule is O=c1c2ccccc2oc2ccc(-c3ccc4oc5ccc(-c6ccc7c8ccccc8c8ccccc8c7c6)cc5c(=O)c4c3)cc12.O=c1c2ccccc2oc2ccc(-c3ccc4oc5ccc(-c6cccc7c6oc6ccccc67)cc5c(=O)c4c3)cc12. The maximum absolute atomic E-state index is 14.1. The van der Waals surface area contributed by atoms with Crippen LogP contribution < -0.4 is 21.7 Å². The van der Waals surface area contributed by atoms with Crippen LogP contribution >= 0.6 is 0 Å². The fraction of sp³-hybridized carbons (Fsp3) is 0. The summed E-state index contributed by atoms with van der Waals surface area (Å²) in [6.07, 6.45) is 0. The fourth-order valence-electron chi connectivity index (χ4n) is 13.4. The van der Waals surface area contributed by atoms with Crippen LogP contribution in [0.3, 0.4) is 0 Å².